The second kappa shape index (κ2) is 5.47. The number of ether oxygens (including phenoxy) is 1. The molecule has 20 heavy (non-hydrogen) atoms. The molecule has 3 unspecified atom stereocenters. The molecule has 0 bridgehead atoms. The number of carboxylic acid groups (broad SMARTS) is 1. The molecule has 2 heterocycles. The van der Waals surface area contributed by atoms with Crippen LogP contribution in [0.15, 0.2) is 0 Å². The third kappa shape index (κ3) is 2.54. The predicted molar refractivity (Wildman–Crippen MR) is 69.2 cm³/mol. The molecule has 0 radical (unpaired) electrons. The minimum Gasteiger partial charge on any atom is -0.481 e. The van der Waals surface area contributed by atoms with Gasteiger partial charge in [-0.2, -0.15) is 0 Å². The maximum Gasteiger partial charge on any atom is 0.305 e. The van der Waals surface area contributed by atoms with E-state index in [9.17, 15) is 4.79 Å². The van der Waals surface area contributed by atoms with Crippen LogP contribution in [0.1, 0.15) is 56.8 Å². The molecule has 110 valence electrons. The molecular weight excluding hydrogens is 260 g/mol. The predicted octanol–water partition coefficient (Wildman–Crippen LogP) is 1.38. The topological polar surface area (TPSA) is 90.1 Å². The van der Waals surface area contributed by atoms with Crippen LogP contribution in [0.25, 0.3) is 0 Å². The van der Waals surface area contributed by atoms with E-state index in [4.69, 9.17) is 9.84 Å². The molecule has 1 aliphatic carbocycles. The van der Waals surface area contributed by atoms with Gasteiger partial charge in [-0.25, -0.2) is 4.68 Å². The molecule has 3 atom stereocenters. The van der Waals surface area contributed by atoms with Gasteiger partial charge < -0.3 is 9.84 Å². The SMILES string of the molecule is CCC1OCCC1c1nnnn1C(CC(=O)O)C1CC1. The first-order valence-corrected chi connectivity index (χ1v) is 7.31. The molecule has 2 aliphatic rings. The highest BCUT2D eigenvalue weighted by Gasteiger charge is 2.39. The number of hydrogen-bond donors (Lipinski definition) is 1. The normalized spacial score (nSPS) is 27.6. The average molecular weight is 280 g/mol. The van der Waals surface area contributed by atoms with E-state index in [-0.39, 0.29) is 24.5 Å². The lowest BCUT2D eigenvalue weighted by molar-refractivity contribution is -0.138. The quantitative estimate of drug-likeness (QED) is 0.846. The summed E-state index contributed by atoms with van der Waals surface area (Å²) >= 11 is 0. The highest BCUT2D eigenvalue weighted by atomic mass is 16.5. The number of aliphatic carboxylic acids is 1. The van der Waals surface area contributed by atoms with Crippen LogP contribution in [-0.2, 0) is 9.53 Å². The molecule has 1 N–H and O–H groups in total. The Morgan fingerprint density at radius 3 is 2.95 bits per heavy atom. The molecular formula is C13H20N4O3. The van der Waals surface area contributed by atoms with Gasteiger partial charge in [0, 0.05) is 12.5 Å². The third-order valence-corrected chi connectivity index (χ3v) is 4.33. The summed E-state index contributed by atoms with van der Waals surface area (Å²) in [4.78, 5) is 11.1. The number of carboxylic acids is 1. The largest absolute Gasteiger partial charge is 0.481 e. The molecule has 0 amide bonds. The smallest absolute Gasteiger partial charge is 0.305 e. The van der Waals surface area contributed by atoms with Gasteiger partial charge >= 0.3 is 5.97 Å². The van der Waals surface area contributed by atoms with Crippen molar-refractivity contribution in [2.75, 3.05) is 6.61 Å². The summed E-state index contributed by atoms with van der Waals surface area (Å²) < 4.78 is 7.46. The van der Waals surface area contributed by atoms with Crippen LogP contribution in [-0.4, -0.2) is 44.0 Å². The summed E-state index contributed by atoms with van der Waals surface area (Å²) in [5, 5.41) is 21.1. The minimum absolute atomic E-state index is 0.0904. The van der Waals surface area contributed by atoms with Gasteiger partial charge in [0.25, 0.3) is 0 Å². The van der Waals surface area contributed by atoms with E-state index in [0.29, 0.717) is 5.92 Å². The van der Waals surface area contributed by atoms with E-state index in [1.54, 1.807) is 4.68 Å². The van der Waals surface area contributed by atoms with E-state index in [2.05, 4.69) is 22.4 Å². The first-order valence-electron chi connectivity index (χ1n) is 7.31. The summed E-state index contributed by atoms with van der Waals surface area (Å²) in [6.45, 7) is 2.82. The van der Waals surface area contributed by atoms with Crippen LogP contribution in [0.3, 0.4) is 0 Å². The molecule has 2 fully saturated rings. The Labute approximate surface area is 117 Å². The number of carbonyl (C=O) groups is 1. The lowest BCUT2D eigenvalue weighted by Crippen LogP contribution is -2.24. The Bertz CT molecular complexity index is 486. The number of hydrogen-bond acceptors (Lipinski definition) is 5. The summed E-state index contributed by atoms with van der Waals surface area (Å²) in [6.07, 6.45) is 4.19. The van der Waals surface area contributed by atoms with Gasteiger partial charge in [0.15, 0.2) is 5.82 Å². The summed E-state index contributed by atoms with van der Waals surface area (Å²) in [6, 6.07) is -0.115. The van der Waals surface area contributed by atoms with Gasteiger partial charge in [-0.05, 0) is 42.0 Å². The van der Waals surface area contributed by atoms with Crippen molar-refractivity contribution in [1.29, 1.82) is 0 Å². The third-order valence-electron chi connectivity index (χ3n) is 4.33. The number of aromatic nitrogens is 4. The molecule has 1 aromatic rings. The Kier molecular flexibility index (Phi) is 3.69. The van der Waals surface area contributed by atoms with Crippen LogP contribution in [0, 0.1) is 5.92 Å². The van der Waals surface area contributed by atoms with E-state index < -0.39 is 5.97 Å². The van der Waals surface area contributed by atoms with Crippen molar-refractivity contribution in [2.45, 2.75) is 57.1 Å². The van der Waals surface area contributed by atoms with Gasteiger partial charge in [-0.1, -0.05) is 6.92 Å². The second-order valence-electron chi connectivity index (χ2n) is 5.70. The summed E-state index contributed by atoms with van der Waals surface area (Å²) in [5.74, 6) is 0.589. The van der Waals surface area contributed by atoms with Crippen LogP contribution < -0.4 is 0 Å². The highest BCUT2D eigenvalue weighted by Crippen LogP contribution is 2.43. The minimum atomic E-state index is -0.793. The van der Waals surface area contributed by atoms with Gasteiger partial charge in [0.1, 0.15) is 0 Å². The van der Waals surface area contributed by atoms with Crippen LogP contribution in [0.5, 0.6) is 0 Å². The van der Waals surface area contributed by atoms with Crippen molar-refractivity contribution in [3.8, 4) is 0 Å². The zero-order valence-corrected chi connectivity index (χ0v) is 11.6. The van der Waals surface area contributed by atoms with Crippen molar-refractivity contribution < 1.29 is 14.6 Å². The summed E-state index contributed by atoms with van der Waals surface area (Å²) in [7, 11) is 0. The Morgan fingerprint density at radius 2 is 2.30 bits per heavy atom. The number of rotatable bonds is 6. The highest BCUT2D eigenvalue weighted by molar-refractivity contribution is 5.67. The van der Waals surface area contributed by atoms with Crippen molar-refractivity contribution in [3.05, 3.63) is 5.82 Å². The molecule has 1 saturated carbocycles. The van der Waals surface area contributed by atoms with Gasteiger partial charge in [-0.15, -0.1) is 5.10 Å². The monoisotopic (exact) mass is 280 g/mol. The second-order valence-corrected chi connectivity index (χ2v) is 5.70. The van der Waals surface area contributed by atoms with Crippen molar-refractivity contribution in [1.82, 2.24) is 20.2 Å². The molecule has 1 saturated heterocycles. The maximum absolute atomic E-state index is 11.1. The van der Waals surface area contributed by atoms with E-state index in [1.165, 1.54) is 0 Å². The zero-order chi connectivity index (χ0) is 14.1. The van der Waals surface area contributed by atoms with Crippen LogP contribution >= 0.6 is 0 Å². The van der Waals surface area contributed by atoms with E-state index >= 15 is 0 Å². The van der Waals surface area contributed by atoms with Crippen molar-refractivity contribution >= 4 is 5.97 Å². The van der Waals surface area contributed by atoms with Gasteiger partial charge in [0.2, 0.25) is 0 Å². The zero-order valence-electron chi connectivity index (χ0n) is 11.6. The fraction of sp³-hybridized carbons (Fsp3) is 0.846. The fourth-order valence-corrected chi connectivity index (χ4v) is 3.14. The average Bonchev–Trinajstić information content (AvgIpc) is 2.98. The number of nitrogens with zero attached hydrogens (tertiary/aromatic N) is 4. The molecule has 3 rings (SSSR count). The molecule has 7 nitrogen and oxygen atoms in total. The molecule has 0 spiro atoms. The fourth-order valence-electron chi connectivity index (χ4n) is 3.14. The first-order chi connectivity index (χ1) is 9.70. The Morgan fingerprint density at radius 1 is 1.50 bits per heavy atom. The van der Waals surface area contributed by atoms with E-state index in [1.807, 2.05) is 0 Å². The van der Waals surface area contributed by atoms with Gasteiger partial charge in [-0.3, -0.25) is 4.79 Å². The van der Waals surface area contributed by atoms with E-state index in [0.717, 1.165) is 38.1 Å². The Hall–Kier alpha value is -1.50. The Balaban J connectivity index is 1.86. The molecule has 7 heteroatoms. The maximum atomic E-state index is 11.1. The summed E-state index contributed by atoms with van der Waals surface area (Å²) in [5.41, 5.74) is 0. The standard InChI is InChI=1S/C13H20N4O3/c1-2-11-9(5-6-20-11)13-14-15-16-17(13)10(7-12(18)19)8-3-4-8/h8-11H,2-7H2,1H3,(H,18,19). The lowest BCUT2D eigenvalue weighted by Gasteiger charge is -2.20. The van der Waals surface area contributed by atoms with Gasteiger partial charge in [0.05, 0.1) is 18.6 Å². The first kappa shape index (κ1) is 13.5. The molecule has 1 aliphatic heterocycles. The van der Waals surface area contributed by atoms with Crippen molar-refractivity contribution in [2.24, 2.45) is 5.92 Å². The van der Waals surface area contributed by atoms with Crippen LogP contribution in [0.2, 0.25) is 0 Å². The number of tetrazole rings is 1. The molecule has 0 aromatic carbocycles. The van der Waals surface area contributed by atoms with Crippen molar-refractivity contribution in [3.63, 3.8) is 0 Å². The molecule has 1 aromatic heterocycles. The van der Waals surface area contributed by atoms with Crippen LogP contribution in [0.4, 0.5) is 0 Å². The lowest BCUT2D eigenvalue weighted by atomic mass is 9.98.